The van der Waals surface area contributed by atoms with Crippen LogP contribution in [-0.4, -0.2) is 14.2 Å². The van der Waals surface area contributed by atoms with E-state index in [1.54, 1.807) is 0 Å². The number of pyridine rings is 1. The summed E-state index contributed by atoms with van der Waals surface area (Å²) in [5.41, 5.74) is 1.79. The monoisotopic (exact) mass is 366 g/mol. The van der Waals surface area contributed by atoms with E-state index in [0.29, 0.717) is 17.0 Å². The lowest BCUT2D eigenvalue weighted by molar-refractivity contribution is 0.682. The molecule has 4 rings (SSSR count). The fraction of sp³-hybridized carbons (Fsp3) is 0.0526. The van der Waals surface area contributed by atoms with Crippen molar-refractivity contribution in [2.24, 2.45) is 0 Å². The summed E-state index contributed by atoms with van der Waals surface area (Å²) in [6.07, 6.45) is 0. The predicted molar refractivity (Wildman–Crippen MR) is 102 cm³/mol. The van der Waals surface area contributed by atoms with Crippen molar-refractivity contribution in [2.45, 2.75) is 10.6 Å². The Balaban J connectivity index is 1.64. The molecule has 4 aromatic rings. The number of thiazole rings is 1. The first-order valence-corrected chi connectivity index (χ1v) is 9.91. The van der Waals surface area contributed by atoms with Gasteiger partial charge in [-0.1, -0.05) is 36.4 Å². The normalized spacial score (nSPS) is 12.3. The third-order valence-electron chi connectivity index (χ3n) is 3.84. The van der Waals surface area contributed by atoms with Crippen LogP contribution in [0.5, 0.6) is 0 Å². The third-order valence-corrected chi connectivity index (χ3v) is 6.21. The van der Waals surface area contributed by atoms with Gasteiger partial charge in [-0.3, -0.25) is 9.00 Å². The number of fused-ring (bicyclic) bond motifs is 1. The zero-order chi connectivity index (χ0) is 17.2. The minimum atomic E-state index is -1.14. The maximum absolute atomic E-state index is 12.4. The average Bonchev–Trinajstić information content (AvgIpc) is 3.10. The van der Waals surface area contributed by atoms with E-state index in [0.717, 1.165) is 20.8 Å². The van der Waals surface area contributed by atoms with Gasteiger partial charge >= 0.3 is 0 Å². The second kappa shape index (κ2) is 6.74. The summed E-state index contributed by atoms with van der Waals surface area (Å²) in [5, 5.41) is 3.56. The smallest absolute Gasteiger partial charge is 0.257 e. The molecule has 4 nitrogen and oxygen atoms in total. The zero-order valence-electron chi connectivity index (χ0n) is 13.1. The van der Waals surface area contributed by atoms with Crippen molar-refractivity contribution in [3.8, 4) is 11.3 Å². The van der Waals surface area contributed by atoms with Gasteiger partial charge in [0.25, 0.3) is 5.56 Å². The van der Waals surface area contributed by atoms with Crippen molar-refractivity contribution < 1.29 is 4.21 Å². The Morgan fingerprint density at radius 1 is 1.04 bits per heavy atom. The van der Waals surface area contributed by atoms with Crippen molar-refractivity contribution in [1.82, 2.24) is 9.97 Å². The van der Waals surface area contributed by atoms with Crippen LogP contribution in [0.2, 0.25) is 0 Å². The lowest BCUT2D eigenvalue weighted by Crippen LogP contribution is -2.08. The molecule has 0 saturated heterocycles. The van der Waals surface area contributed by atoms with E-state index in [1.807, 2.05) is 66.0 Å². The molecule has 2 heterocycles. The number of aromatic amines is 1. The van der Waals surface area contributed by atoms with E-state index in [-0.39, 0.29) is 5.56 Å². The number of para-hydroxylation sites is 1. The van der Waals surface area contributed by atoms with Crippen molar-refractivity contribution in [3.05, 3.63) is 81.4 Å². The Morgan fingerprint density at radius 2 is 1.80 bits per heavy atom. The largest absolute Gasteiger partial charge is 0.321 e. The van der Waals surface area contributed by atoms with E-state index in [2.05, 4.69) is 9.97 Å². The van der Waals surface area contributed by atoms with Crippen LogP contribution in [0.4, 0.5) is 0 Å². The number of hydrogen-bond acceptors (Lipinski definition) is 4. The van der Waals surface area contributed by atoms with E-state index in [1.165, 1.54) is 11.3 Å². The highest BCUT2D eigenvalue weighted by Crippen LogP contribution is 2.23. The second-order valence-corrected chi connectivity index (χ2v) is 7.92. The number of H-pyrrole nitrogens is 1. The van der Waals surface area contributed by atoms with Crippen molar-refractivity contribution in [1.29, 1.82) is 0 Å². The first-order chi connectivity index (χ1) is 12.2. The van der Waals surface area contributed by atoms with Crippen molar-refractivity contribution >= 4 is 33.0 Å². The summed E-state index contributed by atoms with van der Waals surface area (Å²) in [6, 6.07) is 18.8. The minimum absolute atomic E-state index is 0.167. The van der Waals surface area contributed by atoms with Crippen LogP contribution in [0.15, 0.2) is 75.7 Å². The number of nitrogens with zero attached hydrogens (tertiary/aromatic N) is 1. The Hall–Kier alpha value is -2.57. The summed E-state index contributed by atoms with van der Waals surface area (Å²) in [5.74, 6) is 0.347. The second-order valence-electron chi connectivity index (χ2n) is 5.53. The molecule has 1 N–H and O–H groups in total. The van der Waals surface area contributed by atoms with Gasteiger partial charge in [0.05, 0.1) is 27.8 Å². The van der Waals surface area contributed by atoms with E-state index in [4.69, 9.17) is 0 Å². The maximum Gasteiger partial charge on any atom is 0.257 e. The van der Waals surface area contributed by atoms with Crippen LogP contribution in [-0.2, 0) is 16.6 Å². The summed E-state index contributed by atoms with van der Waals surface area (Å²) in [4.78, 5) is 20.5. The molecule has 25 heavy (non-hydrogen) atoms. The number of hydrogen-bond donors (Lipinski definition) is 1. The Kier molecular flexibility index (Phi) is 4.29. The number of nitrogens with one attached hydrogen (secondary N) is 1. The van der Waals surface area contributed by atoms with E-state index >= 15 is 0 Å². The van der Waals surface area contributed by atoms with Crippen LogP contribution in [0, 0.1) is 0 Å². The van der Waals surface area contributed by atoms with Crippen molar-refractivity contribution in [3.63, 3.8) is 0 Å². The highest BCUT2D eigenvalue weighted by atomic mass is 32.2. The predicted octanol–water partition coefficient (Wildman–Crippen LogP) is 3.96. The summed E-state index contributed by atoms with van der Waals surface area (Å²) in [7, 11) is -1.14. The number of benzene rings is 2. The Bertz CT molecular complexity index is 1120. The molecule has 124 valence electrons. The molecule has 0 saturated carbocycles. The maximum atomic E-state index is 12.4. The first-order valence-electron chi connectivity index (χ1n) is 7.71. The van der Waals surface area contributed by atoms with Gasteiger partial charge in [0.15, 0.2) is 0 Å². The Morgan fingerprint density at radius 3 is 2.64 bits per heavy atom. The molecule has 0 radical (unpaired) electrons. The molecule has 1 unspecified atom stereocenters. The minimum Gasteiger partial charge on any atom is -0.321 e. The molecule has 6 heteroatoms. The summed E-state index contributed by atoms with van der Waals surface area (Å²) < 4.78 is 12.4. The number of aromatic nitrogens is 2. The van der Waals surface area contributed by atoms with Crippen LogP contribution in [0.25, 0.3) is 22.2 Å². The molecule has 0 fully saturated rings. The van der Waals surface area contributed by atoms with Crippen LogP contribution >= 0.6 is 11.3 Å². The molecule has 2 aromatic carbocycles. The zero-order valence-corrected chi connectivity index (χ0v) is 14.8. The lowest BCUT2D eigenvalue weighted by Gasteiger charge is -2.01. The third kappa shape index (κ3) is 3.31. The number of rotatable bonds is 4. The first kappa shape index (κ1) is 15.9. The average molecular weight is 366 g/mol. The van der Waals surface area contributed by atoms with E-state index < -0.39 is 10.8 Å². The highest BCUT2D eigenvalue weighted by molar-refractivity contribution is 7.84. The molecule has 0 amide bonds. The van der Waals surface area contributed by atoms with Gasteiger partial charge in [-0.15, -0.1) is 11.3 Å². The fourth-order valence-corrected chi connectivity index (χ4v) is 4.69. The summed E-state index contributed by atoms with van der Waals surface area (Å²) >= 11 is 1.42. The van der Waals surface area contributed by atoms with Crippen LogP contribution in [0.3, 0.4) is 0 Å². The standard InChI is InChI=1S/C19H14N2O2S2/c22-19-15(10-13-6-4-5-9-16(13)21-19)17-11-24-18(20-17)12-25(23)14-7-2-1-3-8-14/h1-11H,12H2,(H,21,22). The molecule has 0 aliphatic rings. The molecule has 0 aliphatic heterocycles. The van der Waals surface area contributed by atoms with Gasteiger partial charge in [0, 0.05) is 15.8 Å². The molecule has 0 aliphatic carbocycles. The van der Waals surface area contributed by atoms with Gasteiger partial charge in [-0.25, -0.2) is 4.98 Å². The van der Waals surface area contributed by atoms with Gasteiger partial charge in [0.2, 0.25) is 0 Å². The molecule has 0 spiro atoms. The summed E-state index contributed by atoms with van der Waals surface area (Å²) in [6.45, 7) is 0. The molecular weight excluding hydrogens is 352 g/mol. The molecular formula is C19H14N2O2S2. The quantitative estimate of drug-likeness (QED) is 0.595. The topological polar surface area (TPSA) is 62.8 Å². The van der Waals surface area contributed by atoms with Gasteiger partial charge in [-0.05, 0) is 29.7 Å². The fourth-order valence-electron chi connectivity index (χ4n) is 2.61. The molecule has 1 atom stereocenters. The molecule has 0 bridgehead atoms. The lowest BCUT2D eigenvalue weighted by atomic mass is 10.1. The van der Waals surface area contributed by atoms with Gasteiger partial charge < -0.3 is 4.98 Å². The molecule has 2 aromatic heterocycles. The van der Waals surface area contributed by atoms with Crippen LogP contribution < -0.4 is 5.56 Å². The van der Waals surface area contributed by atoms with Crippen LogP contribution in [0.1, 0.15) is 5.01 Å². The van der Waals surface area contributed by atoms with Crippen molar-refractivity contribution in [2.75, 3.05) is 0 Å². The van der Waals surface area contributed by atoms with E-state index in [9.17, 15) is 9.00 Å². The van der Waals surface area contributed by atoms with Gasteiger partial charge in [0.1, 0.15) is 5.01 Å². The highest BCUT2D eigenvalue weighted by Gasteiger charge is 2.12. The van der Waals surface area contributed by atoms with Gasteiger partial charge in [-0.2, -0.15) is 0 Å². The SMILES string of the molecule is O=c1[nH]c2ccccc2cc1-c1csc(CS(=O)c2ccccc2)n1. The Labute approximate surface area is 150 Å².